The molecule has 0 radical (unpaired) electrons. The predicted octanol–water partition coefficient (Wildman–Crippen LogP) is 2.88. The highest BCUT2D eigenvalue weighted by atomic mass is 79.9. The van der Waals surface area contributed by atoms with Crippen LogP contribution in [0.3, 0.4) is 0 Å². The molecule has 1 nitrogen and oxygen atoms in total. The minimum Gasteiger partial charge on any atom is -0.309 e. The molecule has 1 aromatic rings. The van der Waals surface area contributed by atoms with Crippen molar-refractivity contribution in [3.05, 3.63) is 29.6 Å². The number of hydrogen-bond acceptors (Lipinski definition) is 1. The van der Waals surface area contributed by atoms with Crippen LogP contribution in [-0.4, -0.2) is 7.05 Å². The van der Waals surface area contributed by atoms with E-state index < -0.39 is 0 Å². The standard InChI is InChI=1S/C8H9BrFN/c1-6-3-4-8(11(2)9)7(10)5-6/h3-5H,1-2H3. The fraction of sp³-hybridized carbons (Fsp3) is 0.250. The van der Waals surface area contributed by atoms with Gasteiger partial charge in [0, 0.05) is 23.2 Å². The quantitative estimate of drug-likeness (QED) is 0.655. The number of anilines is 1. The molecular weight excluding hydrogens is 209 g/mol. The molecule has 1 aromatic carbocycles. The zero-order valence-corrected chi connectivity index (χ0v) is 8.02. The third-order valence-electron chi connectivity index (χ3n) is 1.44. The molecule has 0 saturated heterocycles. The minimum absolute atomic E-state index is 0.204. The van der Waals surface area contributed by atoms with Gasteiger partial charge in [0.05, 0.1) is 5.69 Å². The first kappa shape index (κ1) is 8.53. The molecule has 3 heteroatoms. The highest BCUT2D eigenvalue weighted by Gasteiger charge is 2.03. The molecule has 0 amide bonds. The Morgan fingerprint density at radius 1 is 1.45 bits per heavy atom. The van der Waals surface area contributed by atoms with E-state index in [9.17, 15) is 4.39 Å². The minimum atomic E-state index is -0.204. The van der Waals surface area contributed by atoms with E-state index in [1.165, 1.54) is 6.07 Å². The fourth-order valence-electron chi connectivity index (χ4n) is 0.862. The first-order chi connectivity index (χ1) is 5.11. The van der Waals surface area contributed by atoms with Crippen LogP contribution in [0.2, 0.25) is 0 Å². The van der Waals surface area contributed by atoms with Crippen LogP contribution in [0.25, 0.3) is 0 Å². The largest absolute Gasteiger partial charge is 0.309 e. The average molecular weight is 218 g/mol. The predicted molar refractivity (Wildman–Crippen MR) is 48.5 cm³/mol. The maximum atomic E-state index is 13.0. The van der Waals surface area contributed by atoms with Crippen molar-refractivity contribution in [1.82, 2.24) is 0 Å². The van der Waals surface area contributed by atoms with Gasteiger partial charge in [-0.2, -0.15) is 0 Å². The Bertz CT molecular complexity index is 260. The van der Waals surface area contributed by atoms with Crippen molar-refractivity contribution >= 4 is 21.8 Å². The van der Waals surface area contributed by atoms with Crippen molar-refractivity contribution < 1.29 is 4.39 Å². The van der Waals surface area contributed by atoms with Gasteiger partial charge in [-0.05, 0) is 24.6 Å². The number of rotatable bonds is 1. The van der Waals surface area contributed by atoms with E-state index >= 15 is 0 Å². The molecule has 0 N–H and O–H groups in total. The summed E-state index contributed by atoms with van der Waals surface area (Å²) in [6, 6.07) is 5.11. The first-order valence-corrected chi connectivity index (χ1v) is 3.98. The van der Waals surface area contributed by atoms with Crippen molar-refractivity contribution in [2.75, 3.05) is 11.0 Å². The number of benzene rings is 1. The van der Waals surface area contributed by atoms with E-state index in [0.29, 0.717) is 5.69 Å². The molecule has 0 spiro atoms. The van der Waals surface area contributed by atoms with Crippen LogP contribution >= 0.6 is 16.1 Å². The topological polar surface area (TPSA) is 3.24 Å². The molecule has 0 aliphatic heterocycles. The third kappa shape index (κ3) is 1.93. The summed E-state index contributed by atoms with van der Waals surface area (Å²) in [5.74, 6) is -0.204. The summed E-state index contributed by atoms with van der Waals surface area (Å²) >= 11 is 3.15. The number of hydrogen-bond donors (Lipinski definition) is 0. The van der Waals surface area contributed by atoms with Gasteiger partial charge in [0.25, 0.3) is 0 Å². The monoisotopic (exact) mass is 217 g/mol. The lowest BCUT2D eigenvalue weighted by Crippen LogP contribution is -2.02. The maximum Gasteiger partial charge on any atom is 0.147 e. The number of nitrogens with zero attached hydrogens (tertiary/aromatic N) is 1. The smallest absolute Gasteiger partial charge is 0.147 e. The zero-order valence-electron chi connectivity index (χ0n) is 6.44. The summed E-state index contributed by atoms with van der Waals surface area (Å²) in [4.78, 5) is 0. The van der Waals surface area contributed by atoms with E-state index in [-0.39, 0.29) is 5.82 Å². The number of aryl methyl sites for hydroxylation is 1. The van der Waals surface area contributed by atoms with Crippen LogP contribution in [0, 0.1) is 12.7 Å². The number of halogens is 2. The normalized spacial score (nSPS) is 9.82. The molecule has 0 aliphatic rings. The maximum absolute atomic E-state index is 13.0. The van der Waals surface area contributed by atoms with Gasteiger partial charge in [0.2, 0.25) is 0 Å². The van der Waals surface area contributed by atoms with Gasteiger partial charge in [0.15, 0.2) is 0 Å². The van der Waals surface area contributed by atoms with Crippen LogP contribution in [-0.2, 0) is 0 Å². The molecule has 0 aliphatic carbocycles. The lowest BCUT2D eigenvalue weighted by atomic mass is 10.2. The van der Waals surface area contributed by atoms with Crippen molar-refractivity contribution in [1.29, 1.82) is 0 Å². The molecule has 0 unspecified atom stereocenters. The lowest BCUT2D eigenvalue weighted by molar-refractivity contribution is 0.628. The van der Waals surface area contributed by atoms with Gasteiger partial charge >= 0.3 is 0 Å². The summed E-state index contributed by atoms with van der Waals surface area (Å²) in [5.41, 5.74) is 1.48. The van der Waals surface area contributed by atoms with E-state index in [1.54, 1.807) is 17.0 Å². The van der Waals surface area contributed by atoms with Gasteiger partial charge in [-0.25, -0.2) is 4.39 Å². The molecule has 0 heterocycles. The van der Waals surface area contributed by atoms with Crippen molar-refractivity contribution in [3.63, 3.8) is 0 Å². The van der Waals surface area contributed by atoms with E-state index in [4.69, 9.17) is 0 Å². The second-order valence-electron chi connectivity index (χ2n) is 2.43. The zero-order chi connectivity index (χ0) is 8.43. The average Bonchev–Trinajstić information content (AvgIpc) is 1.85. The van der Waals surface area contributed by atoms with Crippen molar-refractivity contribution in [3.8, 4) is 0 Å². The summed E-state index contributed by atoms with van der Waals surface area (Å²) < 4.78 is 14.6. The van der Waals surface area contributed by atoms with Crippen molar-refractivity contribution in [2.24, 2.45) is 0 Å². The van der Waals surface area contributed by atoms with Gasteiger partial charge in [-0.3, -0.25) is 0 Å². The summed E-state index contributed by atoms with van der Waals surface area (Å²) in [6.45, 7) is 1.86. The Balaban J connectivity index is 3.09. The molecule has 0 fully saturated rings. The molecular formula is C8H9BrFN. The molecule has 0 aromatic heterocycles. The first-order valence-electron chi connectivity index (χ1n) is 3.27. The second kappa shape index (κ2) is 3.22. The summed E-state index contributed by atoms with van der Waals surface area (Å²) in [5, 5.41) is 0. The molecule has 0 atom stereocenters. The Hall–Kier alpha value is -0.570. The molecule has 0 bridgehead atoms. The van der Waals surface area contributed by atoms with E-state index in [1.807, 2.05) is 13.0 Å². The Morgan fingerprint density at radius 3 is 2.55 bits per heavy atom. The Kier molecular flexibility index (Phi) is 2.49. The van der Waals surface area contributed by atoms with Crippen molar-refractivity contribution in [2.45, 2.75) is 6.92 Å². The molecule has 11 heavy (non-hydrogen) atoms. The lowest BCUT2D eigenvalue weighted by Gasteiger charge is -2.10. The van der Waals surface area contributed by atoms with Crippen LogP contribution < -0.4 is 3.93 Å². The SMILES string of the molecule is Cc1ccc(N(C)Br)c(F)c1. The van der Waals surface area contributed by atoms with E-state index in [2.05, 4.69) is 16.1 Å². The van der Waals surface area contributed by atoms with Crippen LogP contribution in [0.15, 0.2) is 18.2 Å². The summed E-state index contributed by atoms with van der Waals surface area (Å²) in [7, 11) is 1.74. The van der Waals surface area contributed by atoms with Crippen LogP contribution in [0.5, 0.6) is 0 Å². The molecule has 1 rings (SSSR count). The van der Waals surface area contributed by atoms with Gasteiger partial charge < -0.3 is 3.93 Å². The van der Waals surface area contributed by atoms with Gasteiger partial charge in [-0.15, -0.1) is 0 Å². The molecule has 60 valence electrons. The van der Waals surface area contributed by atoms with Crippen LogP contribution in [0.1, 0.15) is 5.56 Å². The Labute approximate surface area is 74.2 Å². The summed E-state index contributed by atoms with van der Waals surface area (Å²) in [6.07, 6.45) is 0. The highest BCUT2D eigenvalue weighted by Crippen LogP contribution is 2.20. The van der Waals surface area contributed by atoms with E-state index in [0.717, 1.165) is 5.56 Å². The van der Waals surface area contributed by atoms with Gasteiger partial charge in [0.1, 0.15) is 5.82 Å². The second-order valence-corrected chi connectivity index (χ2v) is 3.50. The van der Waals surface area contributed by atoms with Crippen LogP contribution in [0.4, 0.5) is 10.1 Å². The van der Waals surface area contributed by atoms with Gasteiger partial charge in [-0.1, -0.05) is 6.07 Å². The third-order valence-corrected chi connectivity index (χ3v) is 1.82. The highest BCUT2D eigenvalue weighted by molar-refractivity contribution is 9.10. The molecule has 0 saturated carbocycles. The fourth-order valence-corrected chi connectivity index (χ4v) is 1.15. The Morgan fingerprint density at radius 2 is 2.09 bits per heavy atom.